The molecule has 1 fully saturated rings. The van der Waals surface area contributed by atoms with E-state index in [4.69, 9.17) is 0 Å². The first kappa shape index (κ1) is 10.5. The maximum Gasteiger partial charge on any atom is 0.241 e. The summed E-state index contributed by atoms with van der Waals surface area (Å²) in [6, 6.07) is 9.14. The van der Waals surface area contributed by atoms with Crippen molar-refractivity contribution in [3.8, 4) is 0 Å². The lowest BCUT2D eigenvalue weighted by atomic mass is 10.1. The van der Waals surface area contributed by atoms with Gasteiger partial charge in [0.2, 0.25) is 5.91 Å². The molecule has 84 valence electrons. The fraction of sp³-hybridized carbons (Fsp3) is 0.273. The zero-order valence-corrected chi connectivity index (χ0v) is 8.55. The van der Waals surface area contributed by atoms with Crippen LogP contribution in [-0.2, 0) is 9.59 Å². The maximum atomic E-state index is 11.5. The molecule has 0 radical (unpaired) electrons. The molecule has 0 aliphatic carbocycles. The van der Waals surface area contributed by atoms with Crippen molar-refractivity contribution in [3.63, 3.8) is 0 Å². The number of rotatable bonds is 3. The molecule has 0 aromatic heterocycles. The first-order chi connectivity index (χ1) is 7.66. The Balaban J connectivity index is 2.02. The zero-order valence-electron chi connectivity index (χ0n) is 8.55. The van der Waals surface area contributed by atoms with Crippen molar-refractivity contribution in [2.45, 2.75) is 6.42 Å². The molecule has 5 heteroatoms. The van der Waals surface area contributed by atoms with Crippen molar-refractivity contribution >= 4 is 17.6 Å². The van der Waals surface area contributed by atoms with Gasteiger partial charge >= 0.3 is 0 Å². The highest BCUT2D eigenvalue weighted by Crippen LogP contribution is 2.18. The van der Waals surface area contributed by atoms with Crippen LogP contribution >= 0.6 is 0 Å². The third-order valence-electron chi connectivity index (χ3n) is 2.50. The van der Waals surface area contributed by atoms with Gasteiger partial charge in [0.1, 0.15) is 0 Å². The van der Waals surface area contributed by atoms with Gasteiger partial charge < -0.3 is 9.90 Å². The molecule has 1 aromatic rings. The van der Waals surface area contributed by atoms with Crippen LogP contribution in [0.5, 0.6) is 0 Å². The number of para-hydroxylation sites is 1. The molecule has 0 unspecified atom stereocenters. The summed E-state index contributed by atoms with van der Waals surface area (Å²) in [5.41, 5.74) is 3.63. The molecule has 1 aliphatic rings. The summed E-state index contributed by atoms with van der Waals surface area (Å²) in [5, 5.41) is 11.9. The predicted molar refractivity (Wildman–Crippen MR) is 54.9 cm³/mol. The molecule has 1 N–H and O–H groups in total. The number of hydrogen-bond acceptors (Lipinski definition) is 4. The quantitative estimate of drug-likeness (QED) is 0.751. The van der Waals surface area contributed by atoms with Gasteiger partial charge in [-0.25, -0.2) is 0 Å². The molecule has 1 heterocycles. The van der Waals surface area contributed by atoms with Gasteiger partial charge in [0.15, 0.2) is 0 Å². The van der Waals surface area contributed by atoms with Gasteiger partial charge in [0.25, 0.3) is 0 Å². The fourth-order valence-corrected chi connectivity index (χ4v) is 1.64. The molecule has 16 heavy (non-hydrogen) atoms. The van der Waals surface area contributed by atoms with Crippen LogP contribution < -0.4 is 10.5 Å². The van der Waals surface area contributed by atoms with E-state index in [1.165, 1.54) is 5.01 Å². The minimum Gasteiger partial charge on any atom is -0.550 e. The second-order valence-corrected chi connectivity index (χ2v) is 3.70. The van der Waals surface area contributed by atoms with E-state index in [1.54, 1.807) is 12.1 Å². The Bertz CT molecular complexity index is 405. The van der Waals surface area contributed by atoms with E-state index in [9.17, 15) is 14.7 Å². The molecule has 1 amide bonds. The Morgan fingerprint density at radius 1 is 1.38 bits per heavy atom. The van der Waals surface area contributed by atoms with E-state index < -0.39 is 11.9 Å². The summed E-state index contributed by atoms with van der Waals surface area (Å²) in [6.07, 6.45) is 0.00215. The van der Waals surface area contributed by atoms with Crippen molar-refractivity contribution in [1.29, 1.82) is 0 Å². The van der Waals surface area contributed by atoms with Crippen molar-refractivity contribution in [3.05, 3.63) is 30.3 Å². The van der Waals surface area contributed by atoms with Gasteiger partial charge in [0.05, 0.1) is 12.2 Å². The van der Waals surface area contributed by atoms with Gasteiger partial charge in [-0.05, 0) is 12.1 Å². The second-order valence-electron chi connectivity index (χ2n) is 3.70. The standard InChI is InChI=1S/C11H12N2O3/c14-10-6-8(11(15)16)7-13(10)12-9-4-2-1-3-5-9/h1-5,8,12H,6-7H2,(H,15,16)/p-1/t8-/m1/s1. The molecule has 0 saturated carbocycles. The molecule has 1 saturated heterocycles. The number of amides is 1. The number of nitrogens with zero attached hydrogens (tertiary/aromatic N) is 1. The SMILES string of the molecule is O=C([O-])[C@@H]1CC(=O)N(Nc2ccccc2)C1. The van der Waals surface area contributed by atoms with Gasteiger partial charge in [-0.2, -0.15) is 0 Å². The van der Waals surface area contributed by atoms with Crippen molar-refractivity contribution in [1.82, 2.24) is 5.01 Å². The second kappa shape index (κ2) is 4.22. The lowest BCUT2D eigenvalue weighted by Crippen LogP contribution is -2.35. The summed E-state index contributed by atoms with van der Waals surface area (Å²) in [4.78, 5) is 22.1. The molecule has 0 spiro atoms. The summed E-state index contributed by atoms with van der Waals surface area (Å²) < 4.78 is 0. The smallest absolute Gasteiger partial charge is 0.241 e. The highest BCUT2D eigenvalue weighted by molar-refractivity contribution is 5.86. The number of carbonyl (C=O) groups is 2. The molecule has 1 aromatic carbocycles. The number of carboxylic acid groups (broad SMARTS) is 1. The van der Waals surface area contributed by atoms with E-state index in [0.717, 1.165) is 5.69 Å². The first-order valence-corrected chi connectivity index (χ1v) is 5.00. The van der Waals surface area contributed by atoms with Crippen LogP contribution in [0.2, 0.25) is 0 Å². The van der Waals surface area contributed by atoms with Crippen molar-refractivity contribution in [2.75, 3.05) is 12.0 Å². The Morgan fingerprint density at radius 2 is 2.06 bits per heavy atom. The van der Waals surface area contributed by atoms with Crippen LogP contribution in [0.1, 0.15) is 6.42 Å². The molecular weight excluding hydrogens is 208 g/mol. The molecule has 1 atom stereocenters. The highest BCUT2D eigenvalue weighted by Gasteiger charge is 2.30. The fourth-order valence-electron chi connectivity index (χ4n) is 1.64. The number of hydrazine groups is 1. The summed E-state index contributed by atoms with van der Waals surface area (Å²) in [6.45, 7) is 0.149. The summed E-state index contributed by atoms with van der Waals surface area (Å²) in [7, 11) is 0. The summed E-state index contributed by atoms with van der Waals surface area (Å²) in [5.74, 6) is -2.12. The number of carbonyl (C=O) groups excluding carboxylic acids is 2. The number of nitrogens with one attached hydrogen (secondary N) is 1. The van der Waals surface area contributed by atoms with Gasteiger partial charge in [-0.15, -0.1) is 0 Å². The minimum atomic E-state index is -1.18. The predicted octanol–water partition coefficient (Wildman–Crippen LogP) is -0.388. The number of benzene rings is 1. The number of carboxylic acids is 1. The summed E-state index contributed by atoms with van der Waals surface area (Å²) >= 11 is 0. The van der Waals surface area contributed by atoms with Crippen molar-refractivity contribution < 1.29 is 14.7 Å². The van der Waals surface area contributed by atoms with Crippen LogP contribution in [0.3, 0.4) is 0 Å². The third kappa shape index (κ3) is 2.13. The molecular formula is C11H11N2O3-. The minimum absolute atomic E-state index is 0.00215. The number of anilines is 1. The number of hydrogen-bond donors (Lipinski definition) is 1. The first-order valence-electron chi connectivity index (χ1n) is 5.00. The van der Waals surface area contributed by atoms with Crippen LogP contribution in [0, 0.1) is 5.92 Å². The monoisotopic (exact) mass is 219 g/mol. The number of aliphatic carboxylic acids is 1. The Hall–Kier alpha value is -2.04. The van der Waals surface area contributed by atoms with E-state index in [2.05, 4.69) is 5.43 Å². The van der Waals surface area contributed by atoms with E-state index in [-0.39, 0.29) is 18.9 Å². The Morgan fingerprint density at radius 3 is 2.62 bits per heavy atom. The van der Waals surface area contributed by atoms with Crippen LogP contribution in [0.4, 0.5) is 5.69 Å². The Kier molecular flexibility index (Phi) is 2.76. The topological polar surface area (TPSA) is 72.5 Å². The molecule has 5 nitrogen and oxygen atoms in total. The van der Waals surface area contributed by atoms with Crippen LogP contribution in [-0.4, -0.2) is 23.4 Å². The lowest BCUT2D eigenvalue weighted by molar-refractivity contribution is -0.311. The van der Waals surface area contributed by atoms with Crippen molar-refractivity contribution in [2.24, 2.45) is 5.92 Å². The van der Waals surface area contributed by atoms with Crippen LogP contribution in [0.15, 0.2) is 30.3 Å². The molecule has 0 bridgehead atoms. The third-order valence-corrected chi connectivity index (χ3v) is 2.50. The van der Waals surface area contributed by atoms with Gasteiger partial charge in [-0.3, -0.25) is 15.2 Å². The van der Waals surface area contributed by atoms with Crippen LogP contribution in [0.25, 0.3) is 0 Å². The molecule has 2 rings (SSSR count). The highest BCUT2D eigenvalue weighted by atomic mass is 16.4. The van der Waals surface area contributed by atoms with E-state index in [0.29, 0.717) is 0 Å². The largest absolute Gasteiger partial charge is 0.550 e. The zero-order chi connectivity index (χ0) is 11.5. The van der Waals surface area contributed by atoms with E-state index >= 15 is 0 Å². The van der Waals surface area contributed by atoms with Gasteiger partial charge in [0, 0.05) is 18.3 Å². The Labute approximate surface area is 92.6 Å². The van der Waals surface area contributed by atoms with Gasteiger partial charge in [-0.1, -0.05) is 18.2 Å². The average Bonchev–Trinajstić information content (AvgIpc) is 2.62. The van der Waals surface area contributed by atoms with E-state index in [1.807, 2.05) is 18.2 Å². The lowest BCUT2D eigenvalue weighted by Gasteiger charge is -2.19. The maximum absolute atomic E-state index is 11.5. The molecule has 1 aliphatic heterocycles. The average molecular weight is 219 g/mol. The normalized spacial score (nSPS) is 19.9.